The number of pyridine rings is 1. The molecule has 0 saturated heterocycles. The normalized spacial score (nSPS) is 18.7. The molecule has 2 aromatic rings. The van der Waals surface area contributed by atoms with Crippen molar-refractivity contribution in [3.63, 3.8) is 0 Å². The number of H-pyrrole nitrogens is 1. The molecule has 2 aromatic heterocycles. The van der Waals surface area contributed by atoms with Crippen LogP contribution >= 0.6 is 0 Å². The number of aromatic amines is 1. The molecule has 0 radical (unpaired) electrons. The van der Waals surface area contributed by atoms with Crippen molar-refractivity contribution >= 4 is 11.4 Å². The second-order valence-corrected chi connectivity index (χ2v) is 5.92. The smallest absolute Gasteiger partial charge is 0.342 e. The first-order chi connectivity index (χ1) is 9.74. The molecule has 2 aliphatic rings. The molecule has 2 N–H and O–H groups in total. The lowest BCUT2D eigenvalue weighted by Crippen LogP contribution is -2.42. The van der Waals surface area contributed by atoms with E-state index in [1.807, 2.05) is 0 Å². The number of amides is 1. The maximum absolute atomic E-state index is 13.6. The molecule has 1 amide bonds. The molecule has 0 bridgehead atoms. The van der Waals surface area contributed by atoms with Gasteiger partial charge in [-0.25, -0.2) is 9.37 Å². The first-order valence-corrected chi connectivity index (χ1v) is 7.22. The molecule has 20 heavy (non-hydrogen) atoms. The molecule has 104 valence electrons. The van der Waals surface area contributed by atoms with Crippen LogP contribution in [0, 0.1) is 17.7 Å². The van der Waals surface area contributed by atoms with Gasteiger partial charge in [0.25, 0.3) is 0 Å². The van der Waals surface area contributed by atoms with Crippen LogP contribution in [0.5, 0.6) is 0 Å². The Balaban J connectivity index is 1.61. The fourth-order valence-corrected chi connectivity index (χ4v) is 2.96. The SMILES string of the molecule is O=C(NC(C1CC1)C1CC1)c1[nH]cc2c(F)ccc[n+]12. The fourth-order valence-electron chi connectivity index (χ4n) is 2.96. The third-order valence-electron chi connectivity index (χ3n) is 4.34. The summed E-state index contributed by atoms with van der Waals surface area (Å²) in [6.07, 6.45) is 8.10. The molecule has 2 fully saturated rings. The second-order valence-electron chi connectivity index (χ2n) is 5.92. The summed E-state index contributed by atoms with van der Waals surface area (Å²) < 4.78 is 15.2. The van der Waals surface area contributed by atoms with Crippen molar-refractivity contribution in [3.8, 4) is 0 Å². The average Bonchev–Trinajstić information content (AvgIpc) is 3.34. The highest BCUT2D eigenvalue weighted by molar-refractivity contribution is 5.89. The van der Waals surface area contributed by atoms with Gasteiger partial charge in [-0.3, -0.25) is 4.79 Å². The zero-order valence-corrected chi connectivity index (χ0v) is 11.1. The number of hydrogen-bond acceptors (Lipinski definition) is 1. The van der Waals surface area contributed by atoms with Gasteiger partial charge in [-0.1, -0.05) is 0 Å². The van der Waals surface area contributed by atoms with E-state index < -0.39 is 0 Å². The van der Waals surface area contributed by atoms with E-state index in [1.165, 1.54) is 37.9 Å². The van der Waals surface area contributed by atoms with Crippen LogP contribution in [0.15, 0.2) is 24.5 Å². The summed E-state index contributed by atoms with van der Waals surface area (Å²) in [7, 11) is 0. The lowest BCUT2D eigenvalue weighted by molar-refractivity contribution is -0.515. The van der Waals surface area contributed by atoms with E-state index in [0.29, 0.717) is 29.2 Å². The number of nitrogens with zero attached hydrogens (tertiary/aromatic N) is 1. The van der Waals surface area contributed by atoms with Gasteiger partial charge in [0.05, 0.1) is 6.20 Å². The van der Waals surface area contributed by atoms with Crippen molar-refractivity contribution in [2.24, 2.45) is 11.8 Å². The number of carbonyl (C=O) groups excluding carboxylic acids is 1. The van der Waals surface area contributed by atoms with Crippen LogP contribution in [-0.4, -0.2) is 16.9 Å². The quantitative estimate of drug-likeness (QED) is 0.821. The Labute approximate surface area is 116 Å². The van der Waals surface area contributed by atoms with E-state index in [9.17, 15) is 9.18 Å². The van der Waals surface area contributed by atoms with Crippen LogP contribution in [0.4, 0.5) is 4.39 Å². The monoisotopic (exact) mass is 274 g/mol. The summed E-state index contributed by atoms with van der Waals surface area (Å²) in [5, 5.41) is 3.14. The molecule has 0 aliphatic heterocycles. The van der Waals surface area contributed by atoms with Crippen molar-refractivity contribution in [2.75, 3.05) is 0 Å². The molecule has 0 atom stereocenters. The fraction of sp³-hybridized carbons (Fsp3) is 0.467. The van der Waals surface area contributed by atoms with Crippen LogP contribution in [0.3, 0.4) is 0 Å². The zero-order valence-electron chi connectivity index (χ0n) is 11.1. The summed E-state index contributed by atoms with van der Waals surface area (Å²) in [5.74, 6) is 1.22. The summed E-state index contributed by atoms with van der Waals surface area (Å²) in [6.45, 7) is 0. The van der Waals surface area contributed by atoms with Gasteiger partial charge in [0.15, 0.2) is 5.82 Å². The Morgan fingerprint density at radius 1 is 1.35 bits per heavy atom. The highest BCUT2D eigenvalue weighted by Gasteiger charge is 2.43. The van der Waals surface area contributed by atoms with Gasteiger partial charge in [-0.15, -0.1) is 0 Å². The number of aromatic nitrogens is 2. The third kappa shape index (κ3) is 1.97. The van der Waals surface area contributed by atoms with Crippen LogP contribution in [0.25, 0.3) is 5.52 Å². The number of rotatable bonds is 4. The van der Waals surface area contributed by atoms with Crippen LogP contribution < -0.4 is 9.72 Å². The van der Waals surface area contributed by atoms with E-state index >= 15 is 0 Å². The highest BCUT2D eigenvalue weighted by atomic mass is 19.1. The maximum atomic E-state index is 13.6. The largest absolute Gasteiger partial charge is 0.350 e. The molecule has 0 spiro atoms. The molecular formula is C15H17FN3O+. The van der Waals surface area contributed by atoms with Crippen molar-refractivity contribution in [1.82, 2.24) is 10.3 Å². The summed E-state index contributed by atoms with van der Waals surface area (Å²) in [4.78, 5) is 15.3. The topological polar surface area (TPSA) is 49.0 Å². The van der Waals surface area contributed by atoms with Gasteiger partial charge in [0.2, 0.25) is 5.52 Å². The lowest BCUT2D eigenvalue weighted by atomic mass is 10.1. The van der Waals surface area contributed by atoms with E-state index in [2.05, 4.69) is 10.3 Å². The Morgan fingerprint density at radius 2 is 2.05 bits per heavy atom. The zero-order chi connectivity index (χ0) is 13.7. The number of hydrogen-bond donors (Lipinski definition) is 2. The standard InChI is InChI=1S/C15H16FN3O/c16-11-2-1-7-19-12(11)8-17-14(19)15(20)18-13(9-3-4-9)10-5-6-10/h1-2,7-10,13H,3-6H2,(H,18,20)/p+1. The Morgan fingerprint density at radius 3 is 2.70 bits per heavy atom. The summed E-state index contributed by atoms with van der Waals surface area (Å²) in [6, 6.07) is 3.30. The first kappa shape index (κ1) is 11.9. The number of carbonyl (C=O) groups is 1. The van der Waals surface area contributed by atoms with Crippen LogP contribution in [-0.2, 0) is 0 Å². The summed E-state index contributed by atoms with van der Waals surface area (Å²) >= 11 is 0. The van der Waals surface area contributed by atoms with Crippen molar-refractivity contribution in [2.45, 2.75) is 31.7 Å². The number of imidazole rings is 1. The number of fused-ring (bicyclic) bond motifs is 1. The predicted octanol–water partition coefficient (Wildman–Crippen LogP) is 1.81. The molecular weight excluding hydrogens is 257 g/mol. The molecule has 4 nitrogen and oxygen atoms in total. The van der Waals surface area contributed by atoms with Crippen LogP contribution in [0.2, 0.25) is 0 Å². The molecule has 4 rings (SSSR count). The lowest BCUT2D eigenvalue weighted by Gasteiger charge is -2.15. The highest BCUT2D eigenvalue weighted by Crippen LogP contribution is 2.44. The Bertz CT molecular complexity index is 661. The first-order valence-electron chi connectivity index (χ1n) is 7.22. The molecule has 0 aromatic carbocycles. The van der Waals surface area contributed by atoms with Crippen molar-refractivity contribution in [1.29, 1.82) is 0 Å². The van der Waals surface area contributed by atoms with E-state index in [1.54, 1.807) is 16.7 Å². The predicted molar refractivity (Wildman–Crippen MR) is 70.6 cm³/mol. The third-order valence-corrected chi connectivity index (χ3v) is 4.34. The summed E-state index contributed by atoms with van der Waals surface area (Å²) in [5.41, 5.74) is 0.395. The Kier molecular flexibility index (Phi) is 2.55. The number of halogens is 1. The van der Waals surface area contributed by atoms with E-state index in [0.717, 1.165) is 0 Å². The van der Waals surface area contributed by atoms with Gasteiger partial charge < -0.3 is 5.32 Å². The Hall–Kier alpha value is -1.91. The minimum atomic E-state index is -0.330. The van der Waals surface area contributed by atoms with Crippen molar-refractivity contribution < 1.29 is 13.6 Å². The number of nitrogens with one attached hydrogen (secondary N) is 2. The maximum Gasteiger partial charge on any atom is 0.350 e. The molecule has 2 saturated carbocycles. The second kappa shape index (κ2) is 4.30. The van der Waals surface area contributed by atoms with Gasteiger partial charge in [0.1, 0.15) is 6.20 Å². The minimum Gasteiger partial charge on any atom is -0.342 e. The molecule has 2 aliphatic carbocycles. The minimum absolute atomic E-state index is 0.139. The average molecular weight is 274 g/mol. The van der Waals surface area contributed by atoms with E-state index in [-0.39, 0.29) is 11.7 Å². The van der Waals surface area contributed by atoms with Gasteiger partial charge >= 0.3 is 11.7 Å². The molecule has 0 unspecified atom stereocenters. The van der Waals surface area contributed by atoms with Gasteiger partial charge in [-0.05, 0) is 49.7 Å². The van der Waals surface area contributed by atoms with Gasteiger partial charge in [0, 0.05) is 6.04 Å². The van der Waals surface area contributed by atoms with Gasteiger partial charge in [-0.2, -0.15) is 4.40 Å². The van der Waals surface area contributed by atoms with Crippen molar-refractivity contribution in [3.05, 3.63) is 36.2 Å². The van der Waals surface area contributed by atoms with E-state index in [4.69, 9.17) is 0 Å². The molecule has 5 heteroatoms. The molecule has 2 heterocycles. The van der Waals surface area contributed by atoms with Crippen LogP contribution in [0.1, 0.15) is 36.3 Å².